The standard InChI is InChI=1S/C22H24ClN3O5S/c1-3-30-18-8-6-17(7-9-18)14-25(2)22(27)16-26(15-19-5-4-12-31-19)32(28,29)20-10-11-21(23)24-13-20/h4-13H,3,14-16H2,1-2H3. The van der Waals surface area contributed by atoms with Crippen molar-refractivity contribution in [3.63, 3.8) is 0 Å². The number of furan rings is 1. The van der Waals surface area contributed by atoms with Crippen LogP contribution in [0.15, 0.2) is 70.3 Å². The molecule has 0 bridgehead atoms. The first-order valence-corrected chi connectivity index (χ1v) is 11.7. The summed E-state index contributed by atoms with van der Waals surface area (Å²) in [5.41, 5.74) is 0.895. The maximum atomic E-state index is 13.2. The van der Waals surface area contributed by atoms with Crippen molar-refractivity contribution >= 4 is 27.5 Å². The number of likely N-dealkylation sites (N-methyl/N-ethyl adjacent to an activating group) is 1. The van der Waals surface area contributed by atoms with Crippen LogP contribution in [0.1, 0.15) is 18.2 Å². The summed E-state index contributed by atoms with van der Waals surface area (Å²) >= 11 is 5.78. The molecule has 32 heavy (non-hydrogen) atoms. The van der Waals surface area contributed by atoms with Crippen LogP contribution in [0.3, 0.4) is 0 Å². The molecule has 0 N–H and O–H groups in total. The molecule has 8 nitrogen and oxygen atoms in total. The van der Waals surface area contributed by atoms with Crippen LogP contribution < -0.4 is 4.74 Å². The van der Waals surface area contributed by atoms with E-state index >= 15 is 0 Å². The minimum atomic E-state index is -4.02. The zero-order valence-corrected chi connectivity index (χ0v) is 19.3. The molecule has 0 unspecified atom stereocenters. The van der Waals surface area contributed by atoms with Gasteiger partial charge in [0.15, 0.2) is 0 Å². The maximum absolute atomic E-state index is 13.2. The Morgan fingerprint density at radius 1 is 1.12 bits per heavy atom. The van der Waals surface area contributed by atoms with E-state index in [2.05, 4.69) is 4.98 Å². The number of carbonyl (C=O) groups is 1. The smallest absolute Gasteiger partial charge is 0.245 e. The number of pyridine rings is 1. The third-order valence-electron chi connectivity index (χ3n) is 4.64. The van der Waals surface area contributed by atoms with E-state index in [4.69, 9.17) is 20.8 Å². The van der Waals surface area contributed by atoms with Crippen LogP contribution in [0.4, 0.5) is 0 Å². The molecule has 2 aromatic heterocycles. The van der Waals surface area contributed by atoms with Gasteiger partial charge in [0, 0.05) is 19.8 Å². The van der Waals surface area contributed by atoms with Crippen LogP contribution in [0.25, 0.3) is 0 Å². The molecule has 0 fully saturated rings. The van der Waals surface area contributed by atoms with E-state index in [9.17, 15) is 13.2 Å². The summed E-state index contributed by atoms with van der Waals surface area (Å²) in [6, 6.07) is 13.4. The first-order chi connectivity index (χ1) is 15.3. The summed E-state index contributed by atoms with van der Waals surface area (Å²) in [6.45, 7) is 2.34. The predicted molar refractivity (Wildman–Crippen MR) is 120 cm³/mol. The average Bonchev–Trinajstić information content (AvgIpc) is 3.28. The number of carbonyl (C=O) groups excluding carboxylic acids is 1. The second-order valence-electron chi connectivity index (χ2n) is 7.00. The van der Waals surface area contributed by atoms with Gasteiger partial charge in [-0.3, -0.25) is 4.79 Å². The van der Waals surface area contributed by atoms with Gasteiger partial charge in [0.25, 0.3) is 0 Å². The number of benzene rings is 1. The van der Waals surface area contributed by atoms with Gasteiger partial charge in [0.05, 0.1) is 26.0 Å². The molecule has 1 amide bonds. The number of ether oxygens (including phenoxy) is 1. The summed E-state index contributed by atoms with van der Waals surface area (Å²) in [4.78, 5) is 18.2. The van der Waals surface area contributed by atoms with E-state index in [-0.39, 0.29) is 29.0 Å². The fraction of sp³-hybridized carbons (Fsp3) is 0.273. The first kappa shape index (κ1) is 23.8. The van der Waals surface area contributed by atoms with E-state index in [0.717, 1.165) is 15.6 Å². The van der Waals surface area contributed by atoms with Crippen molar-refractivity contribution in [3.8, 4) is 5.75 Å². The highest BCUT2D eigenvalue weighted by Crippen LogP contribution is 2.20. The van der Waals surface area contributed by atoms with Gasteiger partial charge in [-0.25, -0.2) is 13.4 Å². The van der Waals surface area contributed by atoms with Gasteiger partial charge in [-0.2, -0.15) is 4.31 Å². The Bertz CT molecular complexity index is 1120. The van der Waals surface area contributed by atoms with Crippen LogP contribution >= 0.6 is 11.6 Å². The molecule has 3 aromatic rings. The Hall–Kier alpha value is -2.88. The maximum Gasteiger partial charge on any atom is 0.245 e. The van der Waals surface area contributed by atoms with E-state index in [1.54, 1.807) is 19.2 Å². The Balaban J connectivity index is 1.76. The van der Waals surface area contributed by atoms with Crippen LogP contribution in [0, 0.1) is 0 Å². The van der Waals surface area contributed by atoms with Crippen LogP contribution in [0.5, 0.6) is 5.75 Å². The molecule has 0 radical (unpaired) electrons. The molecule has 0 aliphatic rings. The van der Waals surface area contributed by atoms with Crippen molar-refractivity contribution in [2.24, 2.45) is 0 Å². The van der Waals surface area contributed by atoms with Crippen molar-refractivity contribution in [2.75, 3.05) is 20.2 Å². The molecular weight excluding hydrogens is 454 g/mol. The fourth-order valence-electron chi connectivity index (χ4n) is 2.96. The number of sulfonamides is 1. The summed E-state index contributed by atoms with van der Waals surface area (Å²) < 4.78 is 38.2. The van der Waals surface area contributed by atoms with Crippen LogP contribution in [-0.4, -0.2) is 48.7 Å². The van der Waals surface area contributed by atoms with Gasteiger partial charge < -0.3 is 14.1 Å². The molecule has 0 saturated heterocycles. The zero-order chi connectivity index (χ0) is 23.1. The molecule has 0 spiro atoms. The molecule has 0 aliphatic heterocycles. The van der Waals surface area contributed by atoms with Crippen molar-refractivity contribution in [1.82, 2.24) is 14.2 Å². The normalized spacial score (nSPS) is 11.5. The van der Waals surface area contributed by atoms with Gasteiger partial charge in [0.2, 0.25) is 15.9 Å². The van der Waals surface area contributed by atoms with E-state index in [1.165, 1.54) is 29.5 Å². The predicted octanol–water partition coefficient (Wildman–Crippen LogP) is 3.58. The minimum Gasteiger partial charge on any atom is -0.494 e. The Labute approximate surface area is 192 Å². The number of amides is 1. The fourth-order valence-corrected chi connectivity index (χ4v) is 4.37. The molecule has 3 rings (SSSR count). The molecule has 0 atom stereocenters. The Kier molecular flexibility index (Phi) is 7.89. The number of halogens is 1. The molecule has 170 valence electrons. The van der Waals surface area contributed by atoms with Crippen molar-refractivity contribution in [2.45, 2.75) is 24.9 Å². The number of nitrogens with zero attached hydrogens (tertiary/aromatic N) is 3. The SMILES string of the molecule is CCOc1ccc(CN(C)C(=O)CN(Cc2ccco2)S(=O)(=O)c2ccc(Cl)nc2)cc1. The highest BCUT2D eigenvalue weighted by Gasteiger charge is 2.29. The van der Waals surface area contributed by atoms with E-state index in [0.29, 0.717) is 18.9 Å². The van der Waals surface area contributed by atoms with Gasteiger partial charge in [-0.05, 0) is 48.9 Å². The number of aromatic nitrogens is 1. The minimum absolute atomic E-state index is 0.0598. The topological polar surface area (TPSA) is 93.0 Å². The Morgan fingerprint density at radius 3 is 2.47 bits per heavy atom. The summed E-state index contributed by atoms with van der Waals surface area (Å²) in [7, 11) is -2.39. The molecular formula is C22H24ClN3O5S. The van der Waals surface area contributed by atoms with Gasteiger partial charge >= 0.3 is 0 Å². The summed E-state index contributed by atoms with van der Waals surface area (Å²) in [5, 5.41) is 0.174. The second-order valence-corrected chi connectivity index (χ2v) is 9.32. The lowest BCUT2D eigenvalue weighted by Crippen LogP contribution is -2.40. The molecule has 2 heterocycles. The average molecular weight is 478 g/mol. The first-order valence-electron chi connectivity index (χ1n) is 9.89. The molecule has 0 saturated carbocycles. The monoisotopic (exact) mass is 477 g/mol. The van der Waals surface area contributed by atoms with Crippen molar-refractivity contribution in [1.29, 1.82) is 0 Å². The lowest BCUT2D eigenvalue weighted by Gasteiger charge is -2.24. The van der Waals surface area contributed by atoms with E-state index < -0.39 is 10.0 Å². The second kappa shape index (κ2) is 10.6. The lowest BCUT2D eigenvalue weighted by atomic mass is 10.2. The number of hydrogen-bond donors (Lipinski definition) is 0. The molecule has 10 heteroatoms. The van der Waals surface area contributed by atoms with Crippen molar-refractivity contribution in [3.05, 3.63) is 77.5 Å². The molecule has 1 aromatic carbocycles. The van der Waals surface area contributed by atoms with Gasteiger partial charge in [-0.1, -0.05) is 23.7 Å². The van der Waals surface area contributed by atoms with Gasteiger partial charge in [-0.15, -0.1) is 0 Å². The summed E-state index contributed by atoms with van der Waals surface area (Å²) in [6.07, 6.45) is 2.62. The number of hydrogen-bond acceptors (Lipinski definition) is 6. The largest absolute Gasteiger partial charge is 0.494 e. The quantitative estimate of drug-likeness (QED) is 0.414. The van der Waals surface area contributed by atoms with Crippen LogP contribution in [0.2, 0.25) is 5.15 Å². The number of rotatable bonds is 10. The van der Waals surface area contributed by atoms with Gasteiger partial charge in [0.1, 0.15) is 21.6 Å². The zero-order valence-electron chi connectivity index (χ0n) is 17.8. The van der Waals surface area contributed by atoms with Crippen LogP contribution in [-0.2, 0) is 27.9 Å². The highest BCUT2D eigenvalue weighted by molar-refractivity contribution is 7.89. The molecule has 0 aliphatic carbocycles. The van der Waals surface area contributed by atoms with Crippen molar-refractivity contribution < 1.29 is 22.4 Å². The lowest BCUT2D eigenvalue weighted by molar-refractivity contribution is -0.130. The highest BCUT2D eigenvalue weighted by atomic mass is 35.5. The Morgan fingerprint density at radius 2 is 1.88 bits per heavy atom. The third-order valence-corrected chi connectivity index (χ3v) is 6.64. The third kappa shape index (κ3) is 6.09. The van der Waals surface area contributed by atoms with E-state index in [1.807, 2.05) is 31.2 Å². The summed E-state index contributed by atoms with van der Waals surface area (Å²) in [5.74, 6) is 0.797.